The van der Waals surface area contributed by atoms with E-state index in [0.29, 0.717) is 0 Å². The summed E-state index contributed by atoms with van der Waals surface area (Å²) in [6, 6.07) is 1.72. The third-order valence-electron chi connectivity index (χ3n) is 12.6. The van der Waals surface area contributed by atoms with Crippen LogP contribution in [0.3, 0.4) is 0 Å². The van der Waals surface area contributed by atoms with E-state index in [1.165, 1.54) is 77.0 Å². The first-order chi connectivity index (χ1) is 17.8. The van der Waals surface area contributed by atoms with Gasteiger partial charge >= 0.3 is 0 Å². The smallest absolute Gasteiger partial charge is 0.0104 e. The van der Waals surface area contributed by atoms with Gasteiger partial charge in [0.2, 0.25) is 0 Å². The summed E-state index contributed by atoms with van der Waals surface area (Å²) in [7, 11) is 0. The van der Waals surface area contributed by atoms with Gasteiger partial charge in [-0.1, -0.05) is 97.3 Å². The van der Waals surface area contributed by atoms with E-state index in [-0.39, 0.29) is 0 Å². The van der Waals surface area contributed by atoms with Gasteiger partial charge in [0.15, 0.2) is 0 Å². The molecule has 0 radical (unpaired) electrons. The van der Waals surface area contributed by atoms with Gasteiger partial charge in [0.1, 0.15) is 0 Å². The maximum atomic E-state index is 4.23. The molecule has 208 valence electrons. The van der Waals surface area contributed by atoms with E-state index in [0.717, 1.165) is 59.4 Å². The van der Waals surface area contributed by atoms with Crippen LogP contribution in [0.5, 0.6) is 0 Å². The Kier molecular flexibility index (Phi) is 10.6. The minimum Gasteiger partial charge on any atom is -0.311 e. The molecule has 1 N–H and O–H groups in total. The first-order valence-corrected chi connectivity index (χ1v) is 17.5. The van der Waals surface area contributed by atoms with Crippen molar-refractivity contribution < 1.29 is 0 Å². The Morgan fingerprint density at radius 1 is 0.528 bits per heavy atom. The number of fused-ring (bicyclic) bond motifs is 2. The monoisotopic (exact) mass is 497 g/mol. The highest BCUT2D eigenvalue weighted by Gasteiger charge is 2.48. The van der Waals surface area contributed by atoms with Gasteiger partial charge in [0.25, 0.3) is 0 Å². The lowest BCUT2D eigenvalue weighted by molar-refractivity contribution is 0.0768. The second-order valence-corrected chi connectivity index (χ2v) is 14.7. The van der Waals surface area contributed by atoms with Crippen LogP contribution in [-0.4, -0.2) is 12.1 Å². The first kappa shape index (κ1) is 27.5. The number of unbranched alkanes of at least 4 members (excludes halogenated alkanes) is 2. The number of nitrogens with one attached hydrogen (secondary N) is 1. The van der Waals surface area contributed by atoms with E-state index in [4.69, 9.17) is 0 Å². The molecule has 0 bridgehead atoms. The van der Waals surface area contributed by atoms with Gasteiger partial charge in [-0.15, -0.1) is 0 Å². The maximum Gasteiger partial charge on any atom is 0.0104 e. The van der Waals surface area contributed by atoms with E-state index >= 15 is 0 Å². The molecule has 9 atom stereocenters. The van der Waals surface area contributed by atoms with Crippen molar-refractivity contribution in [2.75, 3.05) is 0 Å². The van der Waals surface area contributed by atoms with Gasteiger partial charge in [0, 0.05) is 12.1 Å². The van der Waals surface area contributed by atoms with E-state index < -0.39 is 0 Å². The summed E-state index contributed by atoms with van der Waals surface area (Å²) in [5.41, 5.74) is 0. The van der Waals surface area contributed by atoms with Gasteiger partial charge in [-0.3, -0.25) is 0 Å². The van der Waals surface area contributed by atoms with Crippen LogP contribution in [-0.2, 0) is 0 Å². The molecule has 0 aromatic rings. The third kappa shape index (κ3) is 6.74. The summed E-state index contributed by atoms with van der Waals surface area (Å²) in [5, 5.41) is 4.23. The van der Waals surface area contributed by atoms with Crippen LogP contribution in [0, 0.1) is 47.3 Å². The summed E-state index contributed by atoms with van der Waals surface area (Å²) in [5.74, 6) is 8.40. The van der Waals surface area contributed by atoms with Crippen molar-refractivity contribution >= 4 is 0 Å². The summed E-state index contributed by atoms with van der Waals surface area (Å²) in [4.78, 5) is 0. The highest BCUT2D eigenvalue weighted by Crippen LogP contribution is 2.52. The second kappa shape index (κ2) is 13.8. The van der Waals surface area contributed by atoms with Gasteiger partial charge in [-0.05, 0) is 112 Å². The van der Waals surface area contributed by atoms with E-state index in [1.54, 1.807) is 70.6 Å². The number of hydrogen-bond acceptors (Lipinski definition) is 1. The first-order valence-electron chi connectivity index (χ1n) is 17.5. The summed E-state index contributed by atoms with van der Waals surface area (Å²) in [6.45, 7) is 4.82. The molecule has 1 heteroatoms. The molecule has 5 fully saturated rings. The zero-order valence-electron chi connectivity index (χ0n) is 24.5. The molecule has 4 aliphatic carbocycles. The molecule has 5 aliphatic rings. The highest BCUT2D eigenvalue weighted by atomic mass is 15.0. The minimum absolute atomic E-state index is 0.844. The molecule has 0 amide bonds. The normalized spacial score (nSPS) is 42.7. The van der Waals surface area contributed by atoms with Gasteiger partial charge in [-0.2, -0.15) is 0 Å². The Bertz CT molecular complexity index is 622. The van der Waals surface area contributed by atoms with Crippen molar-refractivity contribution in [2.24, 2.45) is 47.3 Å². The summed E-state index contributed by atoms with van der Waals surface area (Å²) in [6.07, 6.45) is 35.2. The van der Waals surface area contributed by atoms with Crippen molar-refractivity contribution in [3.8, 4) is 0 Å². The van der Waals surface area contributed by atoms with E-state index in [1.807, 2.05) is 0 Å². The van der Waals surface area contributed by atoms with Crippen LogP contribution in [0.25, 0.3) is 0 Å². The lowest BCUT2D eigenvalue weighted by Crippen LogP contribution is -2.37. The van der Waals surface area contributed by atoms with Crippen LogP contribution < -0.4 is 5.32 Å². The fraction of sp³-hybridized carbons (Fsp3) is 1.00. The van der Waals surface area contributed by atoms with Gasteiger partial charge in [0.05, 0.1) is 0 Å². The standard InChI is InChI=1S/C35H63N/c1-3-5-7-13-26-18-19-28(27-14-8-6-9-15-27)20-21-29-22-23-30(25-31(29)24-26)35-32-16-10-11-17-33(32)36-34(35)12-4-2/h26-36H,3-25H2,1-2H3. The Hall–Kier alpha value is -0.0400. The van der Waals surface area contributed by atoms with Gasteiger partial charge < -0.3 is 5.32 Å². The fourth-order valence-electron chi connectivity index (χ4n) is 10.7. The molecule has 36 heavy (non-hydrogen) atoms. The van der Waals surface area contributed by atoms with Crippen molar-refractivity contribution in [1.29, 1.82) is 0 Å². The Labute approximate surface area is 226 Å². The molecule has 0 aromatic carbocycles. The molecule has 0 aromatic heterocycles. The fourth-order valence-corrected chi connectivity index (χ4v) is 10.7. The van der Waals surface area contributed by atoms with Crippen LogP contribution in [0.15, 0.2) is 0 Å². The molecule has 5 rings (SSSR count). The topological polar surface area (TPSA) is 12.0 Å². The molecule has 4 saturated carbocycles. The third-order valence-corrected chi connectivity index (χ3v) is 12.6. The number of hydrogen-bond donors (Lipinski definition) is 1. The van der Waals surface area contributed by atoms with Crippen molar-refractivity contribution in [3.05, 3.63) is 0 Å². The Balaban J connectivity index is 1.28. The highest BCUT2D eigenvalue weighted by molar-refractivity contribution is 5.02. The second-order valence-electron chi connectivity index (χ2n) is 14.7. The lowest BCUT2D eigenvalue weighted by Gasteiger charge is -2.43. The van der Waals surface area contributed by atoms with Crippen molar-refractivity contribution in [3.63, 3.8) is 0 Å². The van der Waals surface area contributed by atoms with Crippen LogP contribution in [0.4, 0.5) is 0 Å². The van der Waals surface area contributed by atoms with E-state index in [2.05, 4.69) is 19.2 Å². The molecular weight excluding hydrogens is 434 g/mol. The molecule has 1 heterocycles. The predicted octanol–water partition coefficient (Wildman–Crippen LogP) is 10.3. The van der Waals surface area contributed by atoms with Gasteiger partial charge in [-0.25, -0.2) is 0 Å². The van der Waals surface area contributed by atoms with Crippen molar-refractivity contribution in [1.82, 2.24) is 5.32 Å². The Morgan fingerprint density at radius 3 is 1.97 bits per heavy atom. The molecule has 0 spiro atoms. The summed E-state index contributed by atoms with van der Waals surface area (Å²) < 4.78 is 0. The SMILES string of the molecule is CCCCCC1CCC(C2CCCCC2)CCC2CCC(C3C(CCC)NC4CCCCC43)CC2C1. The average molecular weight is 498 g/mol. The van der Waals surface area contributed by atoms with Crippen LogP contribution in [0.2, 0.25) is 0 Å². The molecular formula is C35H63N. The number of rotatable bonds is 8. The molecule has 9 unspecified atom stereocenters. The summed E-state index contributed by atoms with van der Waals surface area (Å²) >= 11 is 0. The maximum absolute atomic E-state index is 4.23. The predicted molar refractivity (Wildman–Crippen MR) is 156 cm³/mol. The largest absolute Gasteiger partial charge is 0.311 e. The minimum atomic E-state index is 0.844. The zero-order valence-corrected chi connectivity index (χ0v) is 24.5. The van der Waals surface area contributed by atoms with E-state index in [9.17, 15) is 0 Å². The van der Waals surface area contributed by atoms with Crippen LogP contribution >= 0.6 is 0 Å². The lowest BCUT2D eigenvalue weighted by atomic mass is 9.61. The van der Waals surface area contributed by atoms with Crippen molar-refractivity contribution in [2.45, 2.75) is 174 Å². The Morgan fingerprint density at radius 2 is 1.19 bits per heavy atom. The molecule has 1 aliphatic heterocycles. The quantitative estimate of drug-likeness (QED) is 0.329. The average Bonchev–Trinajstić information content (AvgIpc) is 3.30. The molecule has 1 saturated heterocycles. The van der Waals surface area contributed by atoms with Crippen LogP contribution in [0.1, 0.15) is 162 Å². The zero-order chi connectivity index (χ0) is 24.7. The molecule has 1 nitrogen and oxygen atoms in total.